The van der Waals surface area contributed by atoms with Crippen LogP contribution in [0.15, 0.2) is 0 Å². The van der Waals surface area contributed by atoms with Crippen molar-refractivity contribution in [1.29, 1.82) is 0 Å². The summed E-state index contributed by atoms with van der Waals surface area (Å²) >= 11 is 0. The van der Waals surface area contributed by atoms with Crippen LogP contribution in [-0.2, 0) is 0 Å². The Bertz CT molecular complexity index is 86.6. The molecule has 0 aromatic heterocycles. The van der Waals surface area contributed by atoms with Crippen molar-refractivity contribution in [2.45, 2.75) is 39.0 Å². The molecule has 51 valence electrons. The second-order valence-electron chi connectivity index (χ2n) is 3.51. The van der Waals surface area contributed by atoms with E-state index in [9.17, 15) is 0 Å². The van der Waals surface area contributed by atoms with Gasteiger partial charge >= 0.3 is 0 Å². The van der Waals surface area contributed by atoms with Gasteiger partial charge in [-0.25, -0.2) is 0 Å². The summed E-state index contributed by atoms with van der Waals surface area (Å²) in [6.07, 6.45) is 7.41. The molecule has 0 aliphatic heterocycles. The molecule has 0 N–H and O–H groups in total. The van der Waals surface area contributed by atoms with Crippen LogP contribution in [0.1, 0.15) is 39.0 Å². The van der Waals surface area contributed by atoms with Crippen LogP contribution >= 0.6 is 0 Å². The Kier molecular flexibility index (Phi) is 1.28. The summed E-state index contributed by atoms with van der Waals surface area (Å²) in [4.78, 5) is 0. The molecule has 0 aromatic carbocycles. The van der Waals surface area contributed by atoms with Crippen LogP contribution in [0.2, 0.25) is 0 Å². The van der Waals surface area contributed by atoms with Gasteiger partial charge in [-0.05, 0) is 43.4 Å². The third-order valence-electron chi connectivity index (χ3n) is 3.21. The molecule has 2 saturated carbocycles. The Hall–Kier alpha value is 0. The molecule has 0 aromatic rings. The highest BCUT2D eigenvalue weighted by Gasteiger charge is 2.40. The van der Waals surface area contributed by atoms with E-state index in [1.165, 1.54) is 32.1 Å². The van der Waals surface area contributed by atoms with E-state index in [-0.39, 0.29) is 0 Å². The lowest BCUT2D eigenvalue weighted by Crippen LogP contribution is -2.01. The van der Waals surface area contributed by atoms with Gasteiger partial charge in [0.05, 0.1) is 0 Å². The third kappa shape index (κ3) is 0.720. The minimum atomic E-state index is 1.06. The Morgan fingerprint density at radius 2 is 2.00 bits per heavy atom. The van der Waals surface area contributed by atoms with E-state index < -0.39 is 0 Å². The normalized spacial score (nSPS) is 42.3. The smallest absolute Gasteiger partial charge is 0.0207 e. The lowest BCUT2D eigenvalue weighted by Gasteiger charge is -2.09. The van der Waals surface area contributed by atoms with E-state index in [0.29, 0.717) is 0 Å². The fourth-order valence-electron chi connectivity index (χ4n) is 2.74. The lowest BCUT2D eigenvalue weighted by atomic mass is 9.95. The van der Waals surface area contributed by atoms with Crippen LogP contribution in [0, 0.1) is 17.8 Å². The van der Waals surface area contributed by atoms with Crippen molar-refractivity contribution in [2.24, 2.45) is 11.8 Å². The topological polar surface area (TPSA) is 0 Å². The van der Waals surface area contributed by atoms with Crippen molar-refractivity contribution < 1.29 is 0 Å². The molecule has 1 radical (unpaired) electrons. The summed E-state index contributed by atoms with van der Waals surface area (Å²) in [6, 6.07) is 0. The van der Waals surface area contributed by atoms with Gasteiger partial charge in [-0.3, -0.25) is 0 Å². The molecule has 2 aliphatic carbocycles. The first-order chi connectivity index (χ1) is 4.42. The van der Waals surface area contributed by atoms with Crippen molar-refractivity contribution >= 4 is 0 Å². The van der Waals surface area contributed by atoms with E-state index in [4.69, 9.17) is 0 Å². The fraction of sp³-hybridized carbons (Fsp3) is 0.889. The molecule has 0 heterocycles. The predicted octanol–water partition coefficient (Wildman–Crippen LogP) is 2.79. The maximum Gasteiger partial charge on any atom is -0.0207 e. The predicted molar refractivity (Wildman–Crippen MR) is 39.0 cm³/mol. The molecule has 0 nitrogen and oxygen atoms in total. The summed E-state index contributed by atoms with van der Waals surface area (Å²) in [5, 5.41) is 0. The first kappa shape index (κ1) is 5.76. The summed E-state index contributed by atoms with van der Waals surface area (Å²) < 4.78 is 0. The number of rotatable bonds is 1. The average molecular weight is 123 g/mol. The van der Waals surface area contributed by atoms with E-state index in [2.05, 4.69) is 6.92 Å². The van der Waals surface area contributed by atoms with Crippen LogP contribution in [0.4, 0.5) is 0 Å². The van der Waals surface area contributed by atoms with Gasteiger partial charge in [-0.15, -0.1) is 0 Å². The first-order valence-corrected chi connectivity index (χ1v) is 4.26. The van der Waals surface area contributed by atoms with Crippen LogP contribution in [0.25, 0.3) is 0 Å². The van der Waals surface area contributed by atoms with Crippen molar-refractivity contribution in [3.63, 3.8) is 0 Å². The molecule has 2 bridgehead atoms. The molecule has 0 amide bonds. The van der Waals surface area contributed by atoms with Crippen LogP contribution in [0.3, 0.4) is 0 Å². The second kappa shape index (κ2) is 2.00. The summed E-state index contributed by atoms with van der Waals surface area (Å²) in [6.45, 7) is 2.34. The molecule has 2 aliphatic rings. The molecular weight excluding hydrogens is 108 g/mol. The van der Waals surface area contributed by atoms with Gasteiger partial charge in [-0.1, -0.05) is 13.3 Å². The van der Waals surface area contributed by atoms with Crippen molar-refractivity contribution in [3.05, 3.63) is 5.92 Å². The third-order valence-corrected chi connectivity index (χ3v) is 3.21. The van der Waals surface area contributed by atoms with E-state index >= 15 is 0 Å². The quantitative estimate of drug-likeness (QED) is 0.503. The minimum absolute atomic E-state index is 1.06. The molecule has 1 atom stereocenters. The van der Waals surface area contributed by atoms with Crippen molar-refractivity contribution in [3.8, 4) is 0 Å². The Morgan fingerprint density at radius 3 is 2.22 bits per heavy atom. The minimum Gasteiger partial charge on any atom is -0.0651 e. The van der Waals surface area contributed by atoms with E-state index in [1.54, 1.807) is 0 Å². The zero-order valence-corrected chi connectivity index (χ0v) is 6.19. The molecule has 1 unspecified atom stereocenters. The fourth-order valence-corrected chi connectivity index (χ4v) is 2.74. The maximum atomic E-state index is 2.34. The van der Waals surface area contributed by atoms with Gasteiger partial charge in [0, 0.05) is 0 Å². The SMILES string of the molecule is CCC1[C]2CCC1CC2. The molecule has 0 heteroatoms. The molecule has 2 rings (SSSR count). The van der Waals surface area contributed by atoms with Crippen molar-refractivity contribution in [1.82, 2.24) is 0 Å². The summed E-state index contributed by atoms with van der Waals surface area (Å²) in [5.74, 6) is 4.08. The Labute approximate surface area is 57.6 Å². The highest BCUT2D eigenvalue weighted by atomic mass is 14.4. The van der Waals surface area contributed by atoms with E-state index in [0.717, 1.165) is 11.8 Å². The Morgan fingerprint density at radius 1 is 1.33 bits per heavy atom. The largest absolute Gasteiger partial charge is 0.0651 e. The molecule has 9 heavy (non-hydrogen) atoms. The van der Waals surface area contributed by atoms with Crippen LogP contribution in [-0.4, -0.2) is 0 Å². The monoisotopic (exact) mass is 123 g/mol. The Balaban J connectivity index is 2.08. The summed E-state index contributed by atoms with van der Waals surface area (Å²) in [7, 11) is 0. The van der Waals surface area contributed by atoms with E-state index in [1.807, 2.05) is 5.92 Å². The van der Waals surface area contributed by atoms with Crippen molar-refractivity contribution in [2.75, 3.05) is 0 Å². The molecule has 0 saturated heterocycles. The highest BCUT2D eigenvalue weighted by Crippen LogP contribution is 2.51. The van der Waals surface area contributed by atoms with Crippen LogP contribution < -0.4 is 0 Å². The molecular formula is C9H15. The standard InChI is InChI=1S/C9H15/c1-2-9-7-3-4-8(9)6-5-7/h7,9H,2-6H2,1H3. The average Bonchev–Trinajstić information content (AvgIpc) is 2.44. The maximum absolute atomic E-state index is 2.34. The zero-order chi connectivity index (χ0) is 6.27. The zero-order valence-electron chi connectivity index (χ0n) is 6.19. The number of hydrogen-bond acceptors (Lipinski definition) is 0. The van der Waals surface area contributed by atoms with Gasteiger partial charge in [-0.2, -0.15) is 0 Å². The molecule has 0 spiro atoms. The summed E-state index contributed by atoms with van der Waals surface area (Å²) in [5.41, 5.74) is 0. The second-order valence-corrected chi connectivity index (χ2v) is 3.51. The van der Waals surface area contributed by atoms with Gasteiger partial charge < -0.3 is 0 Å². The van der Waals surface area contributed by atoms with Crippen LogP contribution in [0.5, 0.6) is 0 Å². The highest BCUT2D eigenvalue weighted by molar-refractivity contribution is 5.10. The van der Waals surface area contributed by atoms with Gasteiger partial charge in [0.2, 0.25) is 0 Å². The number of hydrogen-bond donors (Lipinski definition) is 0. The van der Waals surface area contributed by atoms with Gasteiger partial charge in [0.15, 0.2) is 0 Å². The molecule has 2 fully saturated rings. The number of fused-ring (bicyclic) bond motifs is 2. The van der Waals surface area contributed by atoms with Gasteiger partial charge in [0.1, 0.15) is 0 Å². The van der Waals surface area contributed by atoms with Gasteiger partial charge in [0.25, 0.3) is 0 Å². The first-order valence-electron chi connectivity index (χ1n) is 4.26. The lowest BCUT2D eigenvalue weighted by molar-refractivity contribution is 0.431.